The Morgan fingerprint density at radius 1 is 1.33 bits per heavy atom. The number of hydrogen-bond acceptors (Lipinski definition) is 5. The van der Waals surface area contributed by atoms with Gasteiger partial charge < -0.3 is 15.5 Å². The molecule has 2 aromatic rings. The third-order valence-electron chi connectivity index (χ3n) is 4.87. The van der Waals surface area contributed by atoms with Gasteiger partial charge in [0.1, 0.15) is 6.26 Å². The first kappa shape index (κ1) is 21.4. The van der Waals surface area contributed by atoms with Crippen molar-refractivity contribution in [3.05, 3.63) is 41.8 Å². The number of aromatic nitrogens is 1. The molecule has 3 N–H and O–H groups in total. The first-order valence-corrected chi connectivity index (χ1v) is 9.38. The summed E-state index contributed by atoms with van der Waals surface area (Å²) in [5, 5.41) is 3.00. The Bertz CT molecular complexity index is 717. The third-order valence-corrected chi connectivity index (χ3v) is 4.87. The number of nitrogens with two attached hydrogens (primary N) is 1. The number of benzene rings is 1. The molecule has 6 nitrogen and oxygen atoms in total. The van der Waals surface area contributed by atoms with Crippen LogP contribution < -0.4 is 11.1 Å². The molecule has 148 valence electrons. The number of likely N-dealkylation sites (tertiary alicyclic amines) is 1. The molecule has 1 aliphatic heterocycles. The van der Waals surface area contributed by atoms with Crippen LogP contribution in [-0.2, 0) is 11.3 Å². The number of nitrogens with zero attached hydrogens (tertiary/aromatic N) is 2. The minimum absolute atomic E-state index is 0. The lowest BCUT2D eigenvalue weighted by Gasteiger charge is -2.35. The smallest absolute Gasteiger partial charge is 0.226 e. The van der Waals surface area contributed by atoms with E-state index in [1.807, 2.05) is 12.1 Å². The maximum absolute atomic E-state index is 11.7. The Labute approximate surface area is 166 Å². The van der Waals surface area contributed by atoms with Gasteiger partial charge in [-0.3, -0.25) is 9.69 Å². The highest BCUT2D eigenvalue weighted by atomic mass is 35.5. The van der Waals surface area contributed by atoms with Crippen LogP contribution in [0.4, 0.5) is 0 Å². The Balaban J connectivity index is 0.00000261. The molecule has 1 atom stereocenters. The number of piperidine rings is 1. The standard InChI is InChI=1S/C20H28N4O2.ClH/c1-15-5-7-16(8-6-15)20-23-17(14-26-20)13-24-11-3-2-4-18(24)12-22-19(25)9-10-21;/h5-8,14,18H,2-4,9-13,21H2,1H3,(H,22,25);1H. The van der Waals surface area contributed by atoms with E-state index in [9.17, 15) is 4.79 Å². The van der Waals surface area contributed by atoms with E-state index in [1.54, 1.807) is 6.26 Å². The fourth-order valence-electron chi connectivity index (χ4n) is 3.37. The van der Waals surface area contributed by atoms with Gasteiger partial charge in [-0.05, 0) is 38.4 Å². The Morgan fingerprint density at radius 2 is 2.11 bits per heavy atom. The number of oxazole rings is 1. The van der Waals surface area contributed by atoms with E-state index in [-0.39, 0.29) is 18.3 Å². The van der Waals surface area contributed by atoms with Gasteiger partial charge >= 0.3 is 0 Å². The summed E-state index contributed by atoms with van der Waals surface area (Å²) in [5.41, 5.74) is 8.58. The van der Waals surface area contributed by atoms with Gasteiger partial charge in [0.15, 0.2) is 0 Å². The number of amides is 1. The van der Waals surface area contributed by atoms with Crippen molar-refractivity contribution < 1.29 is 9.21 Å². The molecular formula is C20H29ClN4O2. The lowest BCUT2D eigenvalue weighted by Crippen LogP contribution is -2.46. The molecule has 0 saturated carbocycles. The summed E-state index contributed by atoms with van der Waals surface area (Å²) in [6.07, 6.45) is 5.59. The van der Waals surface area contributed by atoms with Gasteiger partial charge in [-0.15, -0.1) is 12.4 Å². The van der Waals surface area contributed by atoms with E-state index in [0.29, 0.717) is 31.4 Å². The van der Waals surface area contributed by atoms with Crippen LogP contribution in [0.15, 0.2) is 34.9 Å². The highest BCUT2D eigenvalue weighted by molar-refractivity contribution is 5.85. The van der Waals surface area contributed by atoms with Crippen molar-refractivity contribution in [2.45, 2.75) is 45.2 Å². The Hall–Kier alpha value is -1.89. The van der Waals surface area contributed by atoms with Crippen LogP contribution in [0.5, 0.6) is 0 Å². The molecule has 1 aromatic carbocycles. The van der Waals surface area contributed by atoms with E-state index in [1.165, 1.54) is 18.4 Å². The van der Waals surface area contributed by atoms with Crippen molar-refractivity contribution in [3.8, 4) is 11.5 Å². The molecule has 1 aromatic heterocycles. The summed E-state index contributed by atoms with van der Waals surface area (Å²) in [5.74, 6) is 0.686. The molecule has 2 heterocycles. The van der Waals surface area contributed by atoms with Crippen LogP contribution in [-0.4, -0.2) is 41.5 Å². The van der Waals surface area contributed by atoms with Crippen LogP contribution >= 0.6 is 12.4 Å². The van der Waals surface area contributed by atoms with Crippen molar-refractivity contribution in [1.82, 2.24) is 15.2 Å². The fourth-order valence-corrected chi connectivity index (χ4v) is 3.37. The molecule has 0 bridgehead atoms. The number of hydrogen-bond donors (Lipinski definition) is 2. The maximum atomic E-state index is 11.7. The Morgan fingerprint density at radius 3 is 2.85 bits per heavy atom. The number of aryl methyl sites for hydroxylation is 1. The maximum Gasteiger partial charge on any atom is 0.226 e. The lowest BCUT2D eigenvalue weighted by atomic mass is 10.0. The molecule has 27 heavy (non-hydrogen) atoms. The van der Waals surface area contributed by atoms with Gasteiger partial charge in [0.05, 0.1) is 5.69 Å². The molecule has 7 heteroatoms. The van der Waals surface area contributed by atoms with Gasteiger partial charge in [-0.1, -0.05) is 24.1 Å². The normalized spacial score (nSPS) is 17.3. The topological polar surface area (TPSA) is 84.4 Å². The zero-order valence-corrected chi connectivity index (χ0v) is 16.6. The second-order valence-electron chi connectivity index (χ2n) is 6.97. The van der Waals surface area contributed by atoms with E-state index >= 15 is 0 Å². The molecule has 1 amide bonds. The largest absolute Gasteiger partial charge is 0.444 e. The van der Waals surface area contributed by atoms with Gasteiger partial charge in [0.2, 0.25) is 11.8 Å². The fraction of sp³-hybridized carbons (Fsp3) is 0.500. The average molecular weight is 393 g/mol. The van der Waals surface area contributed by atoms with Gasteiger partial charge in [-0.25, -0.2) is 4.98 Å². The monoisotopic (exact) mass is 392 g/mol. The zero-order chi connectivity index (χ0) is 18.4. The van der Waals surface area contributed by atoms with Gasteiger partial charge in [0.25, 0.3) is 0 Å². The van der Waals surface area contributed by atoms with Crippen molar-refractivity contribution in [3.63, 3.8) is 0 Å². The zero-order valence-electron chi connectivity index (χ0n) is 15.8. The SMILES string of the molecule is Cc1ccc(-c2nc(CN3CCCCC3CNC(=O)CCN)co2)cc1.Cl. The Kier molecular flexibility index (Phi) is 8.28. The number of carbonyl (C=O) groups is 1. The van der Waals surface area contributed by atoms with E-state index < -0.39 is 0 Å². The van der Waals surface area contributed by atoms with Gasteiger partial charge in [-0.2, -0.15) is 0 Å². The second kappa shape index (κ2) is 10.4. The molecule has 1 saturated heterocycles. The third kappa shape index (κ3) is 6.06. The number of carbonyl (C=O) groups excluding carboxylic acids is 1. The minimum atomic E-state index is 0. The van der Waals surface area contributed by atoms with Crippen LogP contribution in [0.2, 0.25) is 0 Å². The van der Waals surface area contributed by atoms with Crippen LogP contribution in [0.1, 0.15) is 36.9 Å². The molecular weight excluding hydrogens is 364 g/mol. The van der Waals surface area contributed by atoms with Crippen LogP contribution in [0, 0.1) is 6.92 Å². The summed E-state index contributed by atoms with van der Waals surface area (Å²) in [6.45, 7) is 4.88. The molecule has 1 unspecified atom stereocenters. The number of nitrogens with one attached hydrogen (secondary N) is 1. The minimum Gasteiger partial charge on any atom is -0.444 e. The summed E-state index contributed by atoms with van der Waals surface area (Å²) < 4.78 is 5.68. The highest BCUT2D eigenvalue weighted by Gasteiger charge is 2.24. The predicted octanol–water partition coefficient (Wildman–Crippen LogP) is 2.89. The molecule has 1 fully saturated rings. The summed E-state index contributed by atoms with van der Waals surface area (Å²) in [4.78, 5) is 18.7. The van der Waals surface area contributed by atoms with Crippen molar-refractivity contribution in [1.29, 1.82) is 0 Å². The second-order valence-corrected chi connectivity index (χ2v) is 6.97. The predicted molar refractivity (Wildman–Crippen MR) is 109 cm³/mol. The van der Waals surface area contributed by atoms with Gasteiger partial charge in [0, 0.05) is 37.7 Å². The summed E-state index contributed by atoms with van der Waals surface area (Å²) >= 11 is 0. The number of halogens is 1. The first-order valence-electron chi connectivity index (χ1n) is 9.38. The van der Waals surface area contributed by atoms with Crippen LogP contribution in [0.25, 0.3) is 11.5 Å². The summed E-state index contributed by atoms with van der Waals surface area (Å²) in [6, 6.07) is 8.52. The van der Waals surface area contributed by atoms with Crippen molar-refractivity contribution in [2.75, 3.05) is 19.6 Å². The number of rotatable bonds is 7. The summed E-state index contributed by atoms with van der Waals surface area (Å²) in [7, 11) is 0. The molecule has 0 aliphatic carbocycles. The quantitative estimate of drug-likeness (QED) is 0.756. The highest BCUT2D eigenvalue weighted by Crippen LogP contribution is 2.22. The van der Waals surface area contributed by atoms with E-state index in [2.05, 4.69) is 34.3 Å². The molecule has 1 aliphatic rings. The van der Waals surface area contributed by atoms with Crippen molar-refractivity contribution in [2.24, 2.45) is 5.73 Å². The van der Waals surface area contributed by atoms with Crippen LogP contribution in [0.3, 0.4) is 0 Å². The lowest BCUT2D eigenvalue weighted by molar-refractivity contribution is -0.121. The van der Waals surface area contributed by atoms with E-state index in [0.717, 1.165) is 30.8 Å². The molecule has 3 rings (SSSR count). The molecule has 0 radical (unpaired) electrons. The molecule has 0 spiro atoms. The van der Waals surface area contributed by atoms with E-state index in [4.69, 9.17) is 10.2 Å². The van der Waals surface area contributed by atoms with Crippen molar-refractivity contribution >= 4 is 18.3 Å². The average Bonchev–Trinajstić information content (AvgIpc) is 3.10. The first-order chi connectivity index (χ1) is 12.7.